The summed E-state index contributed by atoms with van der Waals surface area (Å²) in [4.78, 5) is 11.6. The van der Waals surface area contributed by atoms with Crippen LogP contribution in [-0.4, -0.2) is 48.3 Å². The molecule has 1 fully saturated rings. The summed E-state index contributed by atoms with van der Waals surface area (Å²) in [5.74, 6) is -1.62. The Bertz CT molecular complexity index is 1530. The van der Waals surface area contributed by atoms with Crippen molar-refractivity contribution in [2.24, 2.45) is 5.92 Å². The third-order valence-corrected chi connectivity index (χ3v) is 10.2. The zero-order valence-electron chi connectivity index (χ0n) is 22.4. The molecule has 0 amide bonds. The lowest BCUT2D eigenvalue weighted by atomic mass is 9.77. The molecule has 16 heteroatoms. The number of alkyl halides is 7. The largest absolute Gasteiger partial charge is 0.461 e. The van der Waals surface area contributed by atoms with Crippen molar-refractivity contribution in [3.05, 3.63) is 77.4 Å². The highest BCUT2D eigenvalue weighted by atomic mass is 32.2. The number of benzene rings is 2. The molecule has 234 valence electrons. The van der Waals surface area contributed by atoms with Crippen molar-refractivity contribution < 1.29 is 53.1 Å². The predicted molar refractivity (Wildman–Crippen MR) is 135 cm³/mol. The molecule has 43 heavy (non-hydrogen) atoms. The minimum atomic E-state index is -6.34. The number of carbonyl (C=O) groups excluding carboxylic acids is 1. The van der Waals surface area contributed by atoms with E-state index in [4.69, 9.17) is 4.74 Å². The van der Waals surface area contributed by atoms with Gasteiger partial charge in [0.2, 0.25) is 0 Å². The van der Waals surface area contributed by atoms with Crippen molar-refractivity contribution in [2.45, 2.75) is 66.8 Å². The van der Waals surface area contributed by atoms with E-state index in [9.17, 15) is 48.3 Å². The fourth-order valence-electron chi connectivity index (χ4n) is 5.32. The number of carbonyl (C=O) groups is 1. The molecular formula is C27H25F8N3O4S. The van der Waals surface area contributed by atoms with E-state index in [1.54, 1.807) is 6.92 Å². The van der Waals surface area contributed by atoms with Gasteiger partial charge in [0.25, 0.3) is 0 Å². The van der Waals surface area contributed by atoms with Crippen molar-refractivity contribution in [1.29, 1.82) is 0 Å². The van der Waals surface area contributed by atoms with Crippen LogP contribution in [0.1, 0.15) is 54.2 Å². The van der Waals surface area contributed by atoms with Crippen LogP contribution in [0.2, 0.25) is 0 Å². The first kappa shape index (κ1) is 32.4. The number of hydrogen-bond donors (Lipinski definition) is 0. The first-order chi connectivity index (χ1) is 20.0. The van der Waals surface area contributed by atoms with Crippen LogP contribution in [0, 0.1) is 11.7 Å². The summed E-state index contributed by atoms with van der Waals surface area (Å²) in [6.07, 6.45) is -11.2. The highest BCUT2D eigenvalue weighted by Gasteiger charge is 2.73. The second-order valence-electron chi connectivity index (χ2n) is 10.2. The maximum Gasteiger partial charge on any atom is 0.435 e. The normalized spacial score (nSPS) is 20.2. The zero-order chi connectivity index (χ0) is 31.8. The van der Waals surface area contributed by atoms with Crippen LogP contribution in [0.4, 0.5) is 35.1 Å². The van der Waals surface area contributed by atoms with Crippen molar-refractivity contribution in [1.82, 2.24) is 15.0 Å². The average molecular weight is 640 g/mol. The Morgan fingerprint density at radius 2 is 1.51 bits per heavy atom. The van der Waals surface area contributed by atoms with Crippen LogP contribution in [0.25, 0.3) is 0 Å². The van der Waals surface area contributed by atoms with Gasteiger partial charge in [-0.05, 0) is 68.4 Å². The van der Waals surface area contributed by atoms with Crippen LogP contribution < -0.4 is 0 Å². The number of halogens is 8. The Hall–Kier alpha value is -3.56. The first-order valence-corrected chi connectivity index (χ1v) is 14.5. The number of aromatic nitrogens is 3. The highest BCUT2D eigenvalue weighted by Crippen LogP contribution is 2.54. The highest BCUT2D eigenvalue weighted by molar-refractivity contribution is 7.92. The summed E-state index contributed by atoms with van der Waals surface area (Å²) in [7, 11) is -4.41. The molecule has 1 aromatic heterocycles. The van der Waals surface area contributed by atoms with E-state index in [0.717, 1.165) is 36.4 Å². The molecule has 0 saturated heterocycles. The second-order valence-corrected chi connectivity index (χ2v) is 12.4. The number of sulfone groups is 1. The molecule has 0 spiro atoms. The summed E-state index contributed by atoms with van der Waals surface area (Å²) in [5.41, 5.74) is -7.61. The Labute approximate surface area is 240 Å². The van der Waals surface area contributed by atoms with E-state index in [0.29, 0.717) is 0 Å². The van der Waals surface area contributed by atoms with E-state index < -0.39 is 50.0 Å². The monoisotopic (exact) mass is 639 g/mol. The molecule has 0 radical (unpaired) electrons. The van der Waals surface area contributed by atoms with Crippen LogP contribution in [0.15, 0.2) is 59.6 Å². The average Bonchev–Trinajstić information content (AvgIpc) is 3.41. The molecule has 0 aliphatic heterocycles. The van der Waals surface area contributed by atoms with E-state index in [-0.39, 0.29) is 73.0 Å². The lowest BCUT2D eigenvalue weighted by molar-refractivity contribution is -0.348. The summed E-state index contributed by atoms with van der Waals surface area (Å²) < 4.78 is 140. The standard InChI is InChI=1S/C27H25F8N3O4S/c1-2-42-23(39)22-16-38(37-36-22)15-17-11-13-24(14-12-17,43(40,41)21-9-7-20(28)8-10-21)18-3-5-19(6-4-18)25(29,26(30,31)32)27(33,34)35/h3-10,16-17H,2,11-15H2,1H3. The third kappa shape index (κ3) is 5.85. The SMILES string of the molecule is CCOC(=O)c1cn(CC2CCC(c3ccc(C(F)(C(F)(F)F)C(F)(F)F)cc3)(S(=O)(=O)c3ccc(F)cc3)CC2)nn1. The Balaban J connectivity index is 1.69. The topological polar surface area (TPSA) is 91.2 Å². The number of esters is 1. The van der Waals surface area contributed by atoms with E-state index in [1.165, 1.54) is 10.9 Å². The van der Waals surface area contributed by atoms with Gasteiger partial charge in [-0.3, -0.25) is 4.68 Å². The minimum Gasteiger partial charge on any atom is -0.461 e. The van der Waals surface area contributed by atoms with Gasteiger partial charge < -0.3 is 4.74 Å². The van der Waals surface area contributed by atoms with Crippen LogP contribution >= 0.6 is 0 Å². The summed E-state index contributed by atoms with van der Waals surface area (Å²) in [5, 5.41) is 7.62. The smallest absolute Gasteiger partial charge is 0.435 e. The lowest BCUT2D eigenvalue weighted by Gasteiger charge is -2.40. The quantitative estimate of drug-likeness (QED) is 0.160. The van der Waals surface area contributed by atoms with Gasteiger partial charge in [-0.25, -0.2) is 22.0 Å². The van der Waals surface area contributed by atoms with Crippen molar-refractivity contribution in [3.63, 3.8) is 0 Å². The molecule has 0 unspecified atom stereocenters. The lowest BCUT2D eigenvalue weighted by Crippen LogP contribution is -2.50. The van der Waals surface area contributed by atoms with Gasteiger partial charge in [-0.1, -0.05) is 29.5 Å². The molecule has 7 nitrogen and oxygen atoms in total. The molecule has 0 atom stereocenters. The summed E-state index contributed by atoms with van der Waals surface area (Å²) >= 11 is 0. The van der Waals surface area contributed by atoms with Crippen LogP contribution in [0.3, 0.4) is 0 Å². The van der Waals surface area contributed by atoms with Gasteiger partial charge >= 0.3 is 24.0 Å². The van der Waals surface area contributed by atoms with Gasteiger partial charge in [0.1, 0.15) is 10.6 Å². The maximum absolute atomic E-state index is 14.7. The van der Waals surface area contributed by atoms with Crippen LogP contribution in [-0.2, 0) is 31.5 Å². The van der Waals surface area contributed by atoms with Gasteiger partial charge in [-0.15, -0.1) is 5.10 Å². The molecule has 3 aromatic rings. The summed E-state index contributed by atoms with van der Waals surface area (Å²) in [6, 6.07) is 5.93. The second kappa shape index (κ2) is 11.5. The molecule has 1 saturated carbocycles. The molecule has 0 N–H and O–H groups in total. The third-order valence-electron chi connectivity index (χ3n) is 7.61. The number of rotatable bonds is 8. The number of hydrogen-bond acceptors (Lipinski definition) is 6. The van der Waals surface area contributed by atoms with Gasteiger partial charge in [-0.2, -0.15) is 26.3 Å². The first-order valence-electron chi connectivity index (χ1n) is 13.0. The van der Waals surface area contributed by atoms with E-state index in [1.807, 2.05) is 0 Å². The molecular weight excluding hydrogens is 614 g/mol. The molecule has 1 heterocycles. The molecule has 0 bridgehead atoms. The predicted octanol–water partition coefficient (Wildman–Crippen LogP) is 6.44. The fourth-order valence-corrected chi connectivity index (χ4v) is 7.49. The van der Waals surface area contributed by atoms with E-state index >= 15 is 0 Å². The van der Waals surface area contributed by atoms with Crippen molar-refractivity contribution in [3.8, 4) is 0 Å². The van der Waals surface area contributed by atoms with Gasteiger partial charge in [0.15, 0.2) is 15.5 Å². The minimum absolute atomic E-state index is 0.0346. The number of nitrogens with zero attached hydrogens (tertiary/aromatic N) is 3. The molecule has 1 aliphatic rings. The van der Waals surface area contributed by atoms with Gasteiger partial charge in [0, 0.05) is 12.1 Å². The van der Waals surface area contributed by atoms with E-state index in [2.05, 4.69) is 10.3 Å². The Morgan fingerprint density at radius 3 is 2.02 bits per heavy atom. The fraction of sp³-hybridized carbons (Fsp3) is 0.444. The summed E-state index contributed by atoms with van der Waals surface area (Å²) in [6.45, 7) is 1.96. The molecule has 2 aromatic carbocycles. The Kier molecular flexibility index (Phi) is 8.66. The molecule has 1 aliphatic carbocycles. The van der Waals surface area contributed by atoms with Crippen molar-refractivity contribution >= 4 is 15.8 Å². The van der Waals surface area contributed by atoms with Crippen LogP contribution in [0.5, 0.6) is 0 Å². The van der Waals surface area contributed by atoms with Gasteiger partial charge in [0.05, 0.1) is 17.7 Å². The number of ether oxygens (including phenoxy) is 1. The zero-order valence-corrected chi connectivity index (χ0v) is 23.2. The maximum atomic E-state index is 14.7. The molecule has 4 rings (SSSR count). The van der Waals surface area contributed by atoms with Crippen molar-refractivity contribution in [2.75, 3.05) is 6.61 Å². The Morgan fingerprint density at radius 1 is 0.953 bits per heavy atom.